The van der Waals surface area contributed by atoms with Crippen LogP contribution >= 0.6 is 0 Å². The van der Waals surface area contributed by atoms with Gasteiger partial charge in [-0.15, -0.1) is 0 Å². The van der Waals surface area contributed by atoms with Crippen molar-refractivity contribution in [3.05, 3.63) is 0 Å². The number of carbonyl (C=O) groups excluding carboxylic acids is 1. The second kappa shape index (κ2) is 5.08. The van der Waals surface area contributed by atoms with Gasteiger partial charge in [0.2, 0.25) is 0 Å². The Morgan fingerprint density at radius 2 is 2.33 bits per heavy atom. The van der Waals surface area contributed by atoms with Crippen LogP contribution in [0.3, 0.4) is 0 Å². The van der Waals surface area contributed by atoms with Gasteiger partial charge in [-0.25, -0.2) is 4.79 Å². The molecule has 0 aromatic heterocycles. The van der Waals surface area contributed by atoms with Gasteiger partial charge in [-0.2, -0.15) is 0 Å². The van der Waals surface area contributed by atoms with E-state index in [1.54, 1.807) is 0 Å². The molecule has 2 amide bonds. The van der Waals surface area contributed by atoms with Gasteiger partial charge >= 0.3 is 6.03 Å². The summed E-state index contributed by atoms with van der Waals surface area (Å²) in [6.45, 7) is 5.78. The summed E-state index contributed by atoms with van der Waals surface area (Å²) >= 11 is 0. The summed E-state index contributed by atoms with van der Waals surface area (Å²) in [6, 6.07) is 0.718. The summed E-state index contributed by atoms with van der Waals surface area (Å²) in [6.07, 6.45) is 5.84. The molecule has 1 aliphatic heterocycles. The third-order valence-electron chi connectivity index (χ3n) is 5.23. The lowest BCUT2D eigenvalue weighted by molar-refractivity contribution is 0.213. The highest BCUT2D eigenvalue weighted by Gasteiger charge is 2.41. The Bertz CT molecular complexity index is 320. The van der Waals surface area contributed by atoms with Crippen molar-refractivity contribution in [1.82, 2.24) is 15.5 Å². The van der Waals surface area contributed by atoms with Crippen LogP contribution < -0.4 is 10.6 Å². The zero-order valence-corrected chi connectivity index (χ0v) is 11.3. The first-order valence-corrected chi connectivity index (χ1v) is 7.50. The molecule has 1 heterocycles. The van der Waals surface area contributed by atoms with Gasteiger partial charge in [0.15, 0.2) is 0 Å². The maximum atomic E-state index is 11.4. The Labute approximate surface area is 109 Å². The molecule has 4 unspecified atom stereocenters. The Morgan fingerprint density at radius 3 is 2.94 bits per heavy atom. The Balaban J connectivity index is 1.39. The number of nitrogens with zero attached hydrogens (tertiary/aromatic N) is 1. The fraction of sp³-hybridized carbons (Fsp3) is 0.929. The van der Waals surface area contributed by atoms with E-state index in [1.807, 2.05) is 4.90 Å². The first-order valence-electron chi connectivity index (χ1n) is 7.50. The smallest absolute Gasteiger partial charge is 0.317 e. The number of amides is 2. The van der Waals surface area contributed by atoms with Crippen molar-refractivity contribution < 1.29 is 4.79 Å². The number of fused-ring (bicyclic) bond motifs is 2. The molecule has 4 heteroatoms. The molecule has 0 spiro atoms. The minimum absolute atomic E-state index is 0.101. The second-order valence-corrected chi connectivity index (χ2v) is 6.30. The predicted octanol–water partition coefficient (Wildman–Crippen LogP) is 1.43. The van der Waals surface area contributed by atoms with Crippen LogP contribution in [0.25, 0.3) is 0 Å². The van der Waals surface area contributed by atoms with Crippen molar-refractivity contribution in [2.75, 3.05) is 26.2 Å². The van der Waals surface area contributed by atoms with Crippen molar-refractivity contribution in [1.29, 1.82) is 0 Å². The molecule has 0 radical (unpaired) electrons. The summed E-state index contributed by atoms with van der Waals surface area (Å²) in [5, 5.41) is 6.48. The highest BCUT2D eigenvalue weighted by molar-refractivity contribution is 5.76. The third-order valence-corrected chi connectivity index (χ3v) is 5.23. The number of nitrogens with one attached hydrogen (secondary N) is 2. The van der Waals surface area contributed by atoms with E-state index in [-0.39, 0.29) is 6.03 Å². The molecule has 3 aliphatic rings. The minimum atomic E-state index is 0.101. The summed E-state index contributed by atoms with van der Waals surface area (Å²) in [4.78, 5) is 13.3. The molecular weight excluding hydrogens is 226 g/mol. The molecule has 0 aromatic rings. The molecule has 1 saturated heterocycles. The molecule has 102 valence electrons. The highest BCUT2D eigenvalue weighted by Crippen LogP contribution is 2.49. The lowest BCUT2D eigenvalue weighted by atomic mass is 9.84. The van der Waals surface area contributed by atoms with Crippen LogP contribution in [-0.4, -0.2) is 43.2 Å². The van der Waals surface area contributed by atoms with Gasteiger partial charge < -0.3 is 15.5 Å². The molecule has 3 rings (SSSR count). The van der Waals surface area contributed by atoms with Crippen LogP contribution in [0, 0.1) is 17.8 Å². The van der Waals surface area contributed by atoms with E-state index in [0.717, 1.165) is 43.9 Å². The van der Waals surface area contributed by atoms with Crippen molar-refractivity contribution in [3.8, 4) is 0 Å². The van der Waals surface area contributed by atoms with Crippen LogP contribution in [0.1, 0.15) is 32.6 Å². The van der Waals surface area contributed by atoms with E-state index in [4.69, 9.17) is 0 Å². The molecule has 3 fully saturated rings. The third kappa shape index (κ3) is 2.35. The van der Waals surface area contributed by atoms with Gasteiger partial charge in [0.1, 0.15) is 0 Å². The molecular formula is C14H25N3O. The fourth-order valence-corrected chi connectivity index (χ4v) is 4.21. The first-order chi connectivity index (χ1) is 8.74. The van der Waals surface area contributed by atoms with Gasteiger partial charge in [-0.1, -0.05) is 6.42 Å². The van der Waals surface area contributed by atoms with Crippen LogP contribution in [0.5, 0.6) is 0 Å². The van der Waals surface area contributed by atoms with E-state index in [1.165, 1.54) is 25.7 Å². The molecule has 2 N–H and O–H groups in total. The molecule has 2 saturated carbocycles. The zero-order valence-electron chi connectivity index (χ0n) is 11.3. The Hall–Kier alpha value is -0.770. The largest absolute Gasteiger partial charge is 0.336 e. The molecule has 0 aromatic carbocycles. The predicted molar refractivity (Wildman–Crippen MR) is 71.4 cm³/mol. The van der Waals surface area contributed by atoms with E-state index < -0.39 is 0 Å². The fourth-order valence-electron chi connectivity index (χ4n) is 4.21. The van der Waals surface area contributed by atoms with Crippen LogP contribution in [0.4, 0.5) is 4.79 Å². The van der Waals surface area contributed by atoms with E-state index >= 15 is 0 Å². The van der Waals surface area contributed by atoms with Crippen LogP contribution in [0.15, 0.2) is 0 Å². The summed E-state index contributed by atoms with van der Waals surface area (Å²) in [5.74, 6) is 2.89. The summed E-state index contributed by atoms with van der Waals surface area (Å²) in [5.41, 5.74) is 0. The topological polar surface area (TPSA) is 44.4 Å². The lowest BCUT2D eigenvalue weighted by Gasteiger charge is -2.29. The molecule has 4 nitrogen and oxygen atoms in total. The van der Waals surface area contributed by atoms with Crippen molar-refractivity contribution >= 4 is 6.03 Å². The average molecular weight is 251 g/mol. The van der Waals surface area contributed by atoms with E-state index in [0.29, 0.717) is 6.04 Å². The number of hydrogen-bond acceptors (Lipinski definition) is 2. The van der Waals surface area contributed by atoms with E-state index in [9.17, 15) is 4.79 Å². The maximum absolute atomic E-state index is 11.4. The standard InChI is InChI=1S/C14H25N3O/c1-10(13-9-11-2-3-12(13)8-11)15-4-6-17-7-5-16-14(17)18/h10-13,15H,2-9H2,1H3,(H,16,18). The van der Waals surface area contributed by atoms with Gasteiger partial charge in [0.05, 0.1) is 0 Å². The Morgan fingerprint density at radius 1 is 1.44 bits per heavy atom. The Kier molecular flexibility index (Phi) is 3.46. The minimum Gasteiger partial charge on any atom is -0.336 e. The highest BCUT2D eigenvalue weighted by atomic mass is 16.2. The van der Waals surface area contributed by atoms with Gasteiger partial charge in [-0.3, -0.25) is 0 Å². The number of urea groups is 1. The number of hydrogen-bond donors (Lipinski definition) is 2. The second-order valence-electron chi connectivity index (χ2n) is 6.30. The van der Waals surface area contributed by atoms with Gasteiger partial charge in [0, 0.05) is 32.2 Å². The van der Waals surface area contributed by atoms with Crippen molar-refractivity contribution in [3.63, 3.8) is 0 Å². The van der Waals surface area contributed by atoms with Crippen molar-refractivity contribution in [2.45, 2.75) is 38.6 Å². The molecule has 2 aliphatic carbocycles. The average Bonchev–Trinajstić information content (AvgIpc) is 3.06. The number of carbonyl (C=O) groups is 1. The number of rotatable bonds is 5. The SMILES string of the molecule is CC(NCCN1CCNC1=O)C1CC2CCC1C2. The molecule has 18 heavy (non-hydrogen) atoms. The molecule has 4 atom stereocenters. The lowest BCUT2D eigenvalue weighted by Crippen LogP contribution is -2.41. The quantitative estimate of drug-likeness (QED) is 0.776. The summed E-state index contributed by atoms with van der Waals surface area (Å²) < 4.78 is 0. The summed E-state index contributed by atoms with van der Waals surface area (Å²) in [7, 11) is 0. The van der Waals surface area contributed by atoms with Gasteiger partial charge in [0.25, 0.3) is 0 Å². The van der Waals surface area contributed by atoms with Gasteiger partial charge in [-0.05, 0) is 43.9 Å². The normalized spacial score (nSPS) is 36.2. The van der Waals surface area contributed by atoms with Crippen molar-refractivity contribution in [2.24, 2.45) is 17.8 Å². The first kappa shape index (κ1) is 12.3. The maximum Gasteiger partial charge on any atom is 0.317 e. The van der Waals surface area contributed by atoms with E-state index in [2.05, 4.69) is 17.6 Å². The van der Waals surface area contributed by atoms with Crippen LogP contribution in [0.2, 0.25) is 0 Å². The molecule has 2 bridgehead atoms. The zero-order chi connectivity index (χ0) is 12.5. The monoisotopic (exact) mass is 251 g/mol. The van der Waals surface area contributed by atoms with Crippen LogP contribution in [-0.2, 0) is 0 Å².